The fourth-order valence-corrected chi connectivity index (χ4v) is 3.84. The van der Waals surface area contributed by atoms with E-state index >= 15 is 0 Å². The van der Waals surface area contributed by atoms with Gasteiger partial charge in [0.2, 0.25) is 5.91 Å². The summed E-state index contributed by atoms with van der Waals surface area (Å²) in [6.45, 7) is 4.93. The Bertz CT molecular complexity index is 888. The Morgan fingerprint density at radius 2 is 1.66 bits per heavy atom. The molecule has 6 nitrogen and oxygen atoms in total. The third kappa shape index (κ3) is 4.21. The van der Waals surface area contributed by atoms with E-state index in [1.165, 1.54) is 0 Å². The highest BCUT2D eigenvalue weighted by Gasteiger charge is 2.39. The summed E-state index contributed by atoms with van der Waals surface area (Å²) in [5, 5.41) is 2.93. The zero-order chi connectivity index (χ0) is 20.4. The van der Waals surface area contributed by atoms with Crippen LogP contribution in [0.4, 0.5) is 11.4 Å². The fourth-order valence-electron chi connectivity index (χ4n) is 3.84. The summed E-state index contributed by atoms with van der Waals surface area (Å²) in [7, 11) is 1.68. The van der Waals surface area contributed by atoms with Gasteiger partial charge in [-0.3, -0.25) is 9.59 Å². The van der Waals surface area contributed by atoms with Crippen LogP contribution in [0.15, 0.2) is 48.5 Å². The molecule has 2 atom stereocenters. The number of hydrogen-bond acceptors (Lipinski definition) is 4. The minimum atomic E-state index is 0.0263. The summed E-state index contributed by atoms with van der Waals surface area (Å²) in [6, 6.07) is 15.2. The van der Waals surface area contributed by atoms with Crippen molar-refractivity contribution < 1.29 is 14.3 Å². The Hall–Kier alpha value is -3.02. The maximum Gasteiger partial charge on any atom is 0.253 e. The molecule has 2 aliphatic rings. The van der Waals surface area contributed by atoms with Crippen LogP contribution in [-0.2, 0) is 4.79 Å². The molecule has 1 saturated carbocycles. The lowest BCUT2D eigenvalue weighted by atomic mass is 10.1. The molecule has 1 aliphatic heterocycles. The fraction of sp³-hybridized carbons (Fsp3) is 0.391. The van der Waals surface area contributed by atoms with Crippen LogP contribution >= 0.6 is 0 Å². The predicted molar refractivity (Wildman–Crippen MR) is 113 cm³/mol. The van der Waals surface area contributed by atoms with Gasteiger partial charge in [-0.15, -0.1) is 0 Å². The second-order valence-electron chi connectivity index (χ2n) is 7.84. The van der Waals surface area contributed by atoms with Gasteiger partial charge in [-0.05, 0) is 48.7 Å². The molecule has 1 aliphatic carbocycles. The van der Waals surface area contributed by atoms with E-state index in [-0.39, 0.29) is 17.7 Å². The molecule has 2 amide bonds. The van der Waals surface area contributed by atoms with E-state index in [2.05, 4.69) is 17.1 Å². The highest BCUT2D eigenvalue weighted by Crippen LogP contribution is 2.38. The lowest BCUT2D eigenvalue weighted by Gasteiger charge is -2.36. The Morgan fingerprint density at radius 1 is 1.00 bits per heavy atom. The second kappa shape index (κ2) is 8.15. The van der Waals surface area contributed by atoms with Crippen molar-refractivity contribution in [1.29, 1.82) is 0 Å². The summed E-state index contributed by atoms with van der Waals surface area (Å²) in [6.07, 6.45) is 0.962. The summed E-state index contributed by atoms with van der Waals surface area (Å²) in [5.41, 5.74) is 2.45. The summed E-state index contributed by atoms with van der Waals surface area (Å²) in [4.78, 5) is 29.0. The first-order valence-corrected chi connectivity index (χ1v) is 10.1. The number of benzene rings is 2. The monoisotopic (exact) mass is 393 g/mol. The molecular weight excluding hydrogens is 366 g/mol. The maximum absolute atomic E-state index is 12.9. The SMILES string of the molecule is COc1ccccc1N1CCN(C(=O)c2ccc(NC(=O)C3CC3C)cc2)CC1. The average Bonchev–Trinajstić information content (AvgIpc) is 3.50. The van der Waals surface area contributed by atoms with Gasteiger partial charge in [0.1, 0.15) is 5.75 Å². The molecule has 1 heterocycles. The third-order valence-electron chi connectivity index (χ3n) is 5.84. The van der Waals surface area contributed by atoms with E-state index < -0.39 is 0 Å². The standard InChI is InChI=1S/C23H27N3O3/c1-16-15-19(16)22(27)24-18-9-7-17(8-10-18)23(28)26-13-11-25(12-14-26)20-5-3-4-6-21(20)29-2/h3-10,16,19H,11-15H2,1-2H3,(H,24,27). The van der Waals surface area contributed by atoms with Crippen molar-refractivity contribution in [1.82, 2.24) is 4.90 Å². The number of methoxy groups -OCH3 is 1. The number of hydrogen-bond donors (Lipinski definition) is 1. The maximum atomic E-state index is 12.9. The largest absolute Gasteiger partial charge is 0.495 e. The molecule has 2 aromatic rings. The number of carbonyl (C=O) groups is 2. The van der Waals surface area contributed by atoms with Gasteiger partial charge < -0.3 is 19.9 Å². The first-order valence-electron chi connectivity index (χ1n) is 10.1. The highest BCUT2D eigenvalue weighted by molar-refractivity contribution is 5.97. The number of ether oxygens (including phenoxy) is 1. The van der Waals surface area contributed by atoms with E-state index in [0.29, 0.717) is 24.6 Å². The number of nitrogens with zero attached hydrogens (tertiary/aromatic N) is 2. The van der Waals surface area contributed by atoms with E-state index in [9.17, 15) is 9.59 Å². The van der Waals surface area contributed by atoms with Crippen LogP contribution in [-0.4, -0.2) is 50.0 Å². The van der Waals surface area contributed by atoms with Crippen molar-refractivity contribution >= 4 is 23.2 Å². The molecule has 2 unspecified atom stereocenters. The number of anilines is 2. The zero-order valence-corrected chi connectivity index (χ0v) is 16.9. The molecule has 152 valence electrons. The van der Waals surface area contributed by atoms with Crippen LogP contribution in [0.1, 0.15) is 23.7 Å². The van der Waals surface area contributed by atoms with Gasteiger partial charge in [0, 0.05) is 43.3 Å². The molecule has 6 heteroatoms. The lowest BCUT2D eigenvalue weighted by Crippen LogP contribution is -2.48. The number of amides is 2. The molecule has 29 heavy (non-hydrogen) atoms. The van der Waals surface area contributed by atoms with Gasteiger partial charge in [-0.1, -0.05) is 19.1 Å². The van der Waals surface area contributed by atoms with Crippen molar-refractivity contribution in [2.45, 2.75) is 13.3 Å². The van der Waals surface area contributed by atoms with Gasteiger partial charge in [0.15, 0.2) is 0 Å². The molecular formula is C23H27N3O3. The molecule has 2 aromatic carbocycles. The summed E-state index contributed by atoms with van der Waals surface area (Å²) >= 11 is 0. The van der Waals surface area contributed by atoms with E-state index in [0.717, 1.165) is 36.6 Å². The molecule has 1 N–H and O–H groups in total. The van der Waals surface area contributed by atoms with Gasteiger partial charge in [-0.25, -0.2) is 0 Å². The molecule has 4 rings (SSSR count). The Morgan fingerprint density at radius 3 is 2.28 bits per heavy atom. The molecule has 0 spiro atoms. The average molecular weight is 393 g/mol. The highest BCUT2D eigenvalue weighted by atomic mass is 16.5. The van der Waals surface area contributed by atoms with E-state index in [1.54, 1.807) is 19.2 Å². The number of nitrogens with one attached hydrogen (secondary N) is 1. The normalized spacial score (nSPS) is 20.9. The molecule has 1 saturated heterocycles. The van der Waals surface area contributed by atoms with Crippen LogP contribution in [0.25, 0.3) is 0 Å². The van der Waals surface area contributed by atoms with Crippen molar-refractivity contribution in [3.8, 4) is 5.75 Å². The smallest absolute Gasteiger partial charge is 0.253 e. The topological polar surface area (TPSA) is 61.9 Å². The second-order valence-corrected chi connectivity index (χ2v) is 7.84. The Kier molecular flexibility index (Phi) is 5.43. The number of piperazine rings is 1. The van der Waals surface area contributed by atoms with Crippen molar-refractivity contribution in [3.63, 3.8) is 0 Å². The number of rotatable bonds is 5. The molecule has 0 aromatic heterocycles. The Labute approximate surface area is 171 Å². The van der Waals surface area contributed by atoms with Gasteiger partial charge in [0.25, 0.3) is 5.91 Å². The van der Waals surface area contributed by atoms with Gasteiger partial charge in [0.05, 0.1) is 12.8 Å². The number of para-hydroxylation sites is 2. The molecule has 0 radical (unpaired) electrons. The predicted octanol–water partition coefficient (Wildman–Crippen LogP) is 3.25. The first kappa shape index (κ1) is 19.3. The van der Waals surface area contributed by atoms with Crippen LogP contribution in [0.3, 0.4) is 0 Å². The summed E-state index contributed by atoms with van der Waals surface area (Å²) in [5.74, 6) is 1.56. The van der Waals surface area contributed by atoms with Crippen LogP contribution in [0.2, 0.25) is 0 Å². The third-order valence-corrected chi connectivity index (χ3v) is 5.84. The molecule has 2 fully saturated rings. The molecule has 0 bridgehead atoms. The Balaban J connectivity index is 1.34. The minimum absolute atomic E-state index is 0.0263. The van der Waals surface area contributed by atoms with E-state index in [1.807, 2.05) is 41.3 Å². The minimum Gasteiger partial charge on any atom is -0.495 e. The van der Waals surface area contributed by atoms with Gasteiger partial charge in [-0.2, -0.15) is 0 Å². The van der Waals surface area contributed by atoms with Crippen molar-refractivity contribution in [3.05, 3.63) is 54.1 Å². The van der Waals surface area contributed by atoms with Crippen LogP contribution < -0.4 is 15.0 Å². The van der Waals surface area contributed by atoms with Crippen molar-refractivity contribution in [2.75, 3.05) is 43.5 Å². The van der Waals surface area contributed by atoms with Crippen LogP contribution in [0.5, 0.6) is 5.75 Å². The summed E-state index contributed by atoms with van der Waals surface area (Å²) < 4.78 is 5.45. The number of carbonyl (C=O) groups excluding carboxylic acids is 2. The van der Waals surface area contributed by atoms with Crippen LogP contribution in [0, 0.1) is 11.8 Å². The zero-order valence-electron chi connectivity index (χ0n) is 16.9. The first-order chi connectivity index (χ1) is 14.1. The van der Waals surface area contributed by atoms with Crippen molar-refractivity contribution in [2.24, 2.45) is 11.8 Å². The lowest BCUT2D eigenvalue weighted by molar-refractivity contribution is -0.117. The quantitative estimate of drug-likeness (QED) is 0.847. The van der Waals surface area contributed by atoms with Gasteiger partial charge >= 0.3 is 0 Å². The van der Waals surface area contributed by atoms with E-state index in [4.69, 9.17) is 4.74 Å².